The Hall–Kier alpha value is -2.50. The molecule has 0 radical (unpaired) electrons. The molecule has 2 N–H and O–H groups in total. The molecule has 0 aromatic heterocycles. The zero-order chi connectivity index (χ0) is 15.5. The third-order valence-electron chi connectivity index (χ3n) is 2.33. The number of rotatable bonds is 8. The molecule has 0 amide bonds. The fraction of sp³-hybridized carbons (Fsp3) is 0.333. The molecule has 6 heteroatoms. The molecule has 0 spiro atoms. The van der Waals surface area contributed by atoms with Crippen LogP contribution in [0, 0.1) is 0 Å². The molecule has 0 fully saturated rings. The Morgan fingerprint density at radius 2 is 2.00 bits per heavy atom. The number of hydrogen-bond donors (Lipinski definition) is 1. The molecule has 0 heterocycles. The van der Waals surface area contributed by atoms with Gasteiger partial charge in [0.15, 0.2) is 0 Å². The Balaban J connectivity index is 2.22. The number of benzene rings is 1. The minimum atomic E-state index is -0.434. The monoisotopic (exact) mass is 292 g/mol. The molecule has 0 saturated carbocycles. The van der Waals surface area contributed by atoms with Gasteiger partial charge in [-0.2, -0.15) is 0 Å². The summed E-state index contributed by atoms with van der Waals surface area (Å²) in [6.45, 7) is 2.39. The van der Waals surface area contributed by atoms with Crippen LogP contribution in [0.5, 0.6) is 5.75 Å². The van der Waals surface area contributed by atoms with E-state index in [2.05, 4.69) is 9.99 Å². The highest BCUT2D eigenvalue weighted by atomic mass is 16.6. The van der Waals surface area contributed by atoms with E-state index in [1.807, 2.05) is 24.3 Å². The van der Waals surface area contributed by atoms with Gasteiger partial charge < -0.3 is 20.0 Å². The largest absolute Gasteiger partial charge is 0.493 e. The maximum absolute atomic E-state index is 11.2. The average molecular weight is 292 g/mol. The molecule has 0 aliphatic heterocycles. The van der Waals surface area contributed by atoms with Crippen LogP contribution in [0.2, 0.25) is 0 Å². The minimum Gasteiger partial charge on any atom is -0.493 e. The predicted octanol–water partition coefficient (Wildman–Crippen LogP) is 1.84. The lowest BCUT2D eigenvalue weighted by Crippen LogP contribution is -2.08. The maximum atomic E-state index is 11.2. The van der Waals surface area contributed by atoms with Crippen molar-refractivity contribution in [3.05, 3.63) is 41.6 Å². The first kappa shape index (κ1) is 16.6. The average Bonchev–Trinajstić information content (AvgIpc) is 2.45. The van der Waals surface area contributed by atoms with Crippen molar-refractivity contribution in [3.63, 3.8) is 0 Å². The predicted molar refractivity (Wildman–Crippen MR) is 80.1 cm³/mol. The van der Waals surface area contributed by atoms with E-state index in [9.17, 15) is 4.79 Å². The molecule has 1 aromatic carbocycles. The molecule has 0 bridgehead atoms. The Kier molecular flexibility index (Phi) is 7.42. The zero-order valence-corrected chi connectivity index (χ0v) is 12.2. The number of carbonyl (C=O) groups excluding carboxylic acids is 1. The summed E-state index contributed by atoms with van der Waals surface area (Å²) in [6.07, 6.45) is 3.47. The molecule has 0 unspecified atom stereocenters. The second-order valence-electron chi connectivity index (χ2n) is 4.24. The minimum absolute atomic E-state index is 0.293. The summed E-state index contributed by atoms with van der Waals surface area (Å²) in [4.78, 5) is 15.8. The van der Waals surface area contributed by atoms with Crippen molar-refractivity contribution < 1.29 is 19.1 Å². The molecule has 21 heavy (non-hydrogen) atoms. The second kappa shape index (κ2) is 9.41. The first-order chi connectivity index (χ1) is 10.1. The number of esters is 1. The van der Waals surface area contributed by atoms with Crippen molar-refractivity contribution in [2.45, 2.75) is 13.3 Å². The third kappa shape index (κ3) is 7.61. The smallest absolute Gasteiger partial charge is 0.332 e. The van der Waals surface area contributed by atoms with Crippen LogP contribution in [-0.4, -0.2) is 32.5 Å². The maximum Gasteiger partial charge on any atom is 0.332 e. The van der Waals surface area contributed by atoms with Gasteiger partial charge in [0, 0.05) is 18.2 Å². The van der Waals surface area contributed by atoms with Crippen molar-refractivity contribution in [1.82, 2.24) is 0 Å². The summed E-state index contributed by atoms with van der Waals surface area (Å²) < 4.78 is 10.5. The van der Waals surface area contributed by atoms with E-state index in [1.165, 1.54) is 13.2 Å². The molecule has 6 nitrogen and oxygen atoms in total. The Labute approximate surface area is 124 Å². The molecule has 1 aromatic rings. The molecular formula is C15H20N2O4. The van der Waals surface area contributed by atoms with E-state index >= 15 is 0 Å². The molecule has 0 aliphatic rings. The number of oxime groups is 1. The van der Waals surface area contributed by atoms with E-state index < -0.39 is 5.97 Å². The van der Waals surface area contributed by atoms with Gasteiger partial charge in [-0.25, -0.2) is 4.79 Å². The summed E-state index contributed by atoms with van der Waals surface area (Å²) >= 11 is 0. The first-order valence-electron chi connectivity index (χ1n) is 6.51. The van der Waals surface area contributed by atoms with Crippen LogP contribution in [0.4, 0.5) is 0 Å². The third-order valence-corrected chi connectivity index (χ3v) is 2.33. The second-order valence-corrected chi connectivity index (χ2v) is 4.24. The number of ether oxygens (including phenoxy) is 2. The summed E-state index contributed by atoms with van der Waals surface area (Å²) in [5.41, 5.74) is 6.70. The number of allylic oxidation sites excluding steroid dienone is 1. The van der Waals surface area contributed by atoms with Gasteiger partial charge in [0.1, 0.15) is 12.9 Å². The highest BCUT2D eigenvalue weighted by Crippen LogP contribution is 2.11. The van der Waals surface area contributed by atoms with Crippen LogP contribution in [0.1, 0.15) is 18.9 Å². The van der Waals surface area contributed by atoms with Gasteiger partial charge in [0.05, 0.1) is 19.4 Å². The molecule has 0 saturated heterocycles. The molecule has 0 aliphatic carbocycles. The SMILES string of the molecule is CO/N=C/c1ccc(OCCCOC(=O)/C=C(/C)N)cc1. The fourth-order valence-corrected chi connectivity index (χ4v) is 1.41. The molecule has 0 atom stereocenters. The van der Waals surface area contributed by atoms with Crippen molar-refractivity contribution in [1.29, 1.82) is 0 Å². The van der Waals surface area contributed by atoms with Gasteiger partial charge in [0.25, 0.3) is 0 Å². The van der Waals surface area contributed by atoms with E-state index in [1.54, 1.807) is 13.1 Å². The topological polar surface area (TPSA) is 83.1 Å². The van der Waals surface area contributed by atoms with Crippen LogP contribution in [0.25, 0.3) is 0 Å². The summed E-state index contributed by atoms with van der Waals surface area (Å²) in [5.74, 6) is 0.311. The highest BCUT2D eigenvalue weighted by Gasteiger charge is 1.99. The van der Waals surface area contributed by atoms with Gasteiger partial charge >= 0.3 is 5.97 Å². The standard InChI is InChI=1S/C15H20N2O4/c1-12(16)10-15(18)21-9-3-8-20-14-6-4-13(5-7-14)11-17-19-2/h4-7,10-11H,3,8-9,16H2,1-2H3/b12-10-,17-11+. The van der Waals surface area contributed by atoms with Gasteiger partial charge in [-0.05, 0) is 36.8 Å². The van der Waals surface area contributed by atoms with E-state index in [0.717, 1.165) is 11.3 Å². The quantitative estimate of drug-likeness (QED) is 0.260. The normalized spacial score (nSPS) is 11.4. The van der Waals surface area contributed by atoms with Crippen molar-refractivity contribution >= 4 is 12.2 Å². The Morgan fingerprint density at radius 3 is 2.62 bits per heavy atom. The lowest BCUT2D eigenvalue weighted by atomic mass is 10.2. The van der Waals surface area contributed by atoms with Gasteiger partial charge in [-0.1, -0.05) is 5.16 Å². The van der Waals surface area contributed by atoms with E-state index in [4.69, 9.17) is 15.2 Å². The Bertz CT molecular complexity index is 491. The summed E-state index contributed by atoms with van der Waals surface area (Å²) in [7, 11) is 1.49. The van der Waals surface area contributed by atoms with Crippen molar-refractivity contribution in [2.75, 3.05) is 20.3 Å². The van der Waals surface area contributed by atoms with E-state index in [-0.39, 0.29) is 0 Å². The van der Waals surface area contributed by atoms with Crippen LogP contribution in [0.15, 0.2) is 41.2 Å². The van der Waals surface area contributed by atoms with Gasteiger partial charge in [0.2, 0.25) is 0 Å². The van der Waals surface area contributed by atoms with Crippen LogP contribution < -0.4 is 10.5 Å². The highest BCUT2D eigenvalue weighted by molar-refractivity contribution is 5.82. The number of carbonyl (C=O) groups is 1. The molecule has 114 valence electrons. The molecular weight excluding hydrogens is 272 g/mol. The van der Waals surface area contributed by atoms with Crippen molar-refractivity contribution in [3.8, 4) is 5.75 Å². The van der Waals surface area contributed by atoms with Gasteiger partial charge in [-0.3, -0.25) is 0 Å². The summed E-state index contributed by atoms with van der Waals surface area (Å²) in [6, 6.07) is 7.41. The first-order valence-corrected chi connectivity index (χ1v) is 6.51. The number of hydrogen-bond acceptors (Lipinski definition) is 6. The number of nitrogens with two attached hydrogens (primary N) is 1. The fourth-order valence-electron chi connectivity index (χ4n) is 1.41. The lowest BCUT2D eigenvalue weighted by Gasteiger charge is -2.06. The van der Waals surface area contributed by atoms with Gasteiger partial charge in [-0.15, -0.1) is 0 Å². The Morgan fingerprint density at radius 1 is 1.29 bits per heavy atom. The van der Waals surface area contributed by atoms with E-state index in [0.29, 0.717) is 25.3 Å². The summed E-state index contributed by atoms with van der Waals surface area (Å²) in [5, 5.41) is 3.67. The zero-order valence-electron chi connectivity index (χ0n) is 12.2. The van der Waals surface area contributed by atoms with Crippen molar-refractivity contribution in [2.24, 2.45) is 10.9 Å². The lowest BCUT2D eigenvalue weighted by molar-refractivity contribution is -0.138. The van der Waals surface area contributed by atoms with Crippen LogP contribution in [-0.2, 0) is 14.4 Å². The molecule has 1 rings (SSSR count). The number of nitrogens with zero attached hydrogens (tertiary/aromatic N) is 1. The van der Waals surface area contributed by atoms with Crippen LogP contribution in [0.3, 0.4) is 0 Å². The van der Waals surface area contributed by atoms with Crippen LogP contribution >= 0.6 is 0 Å².